The fourth-order valence-electron chi connectivity index (χ4n) is 3.61. The van der Waals surface area contributed by atoms with E-state index in [0.29, 0.717) is 34.4 Å². The maximum atomic E-state index is 13.9. The molecule has 0 amide bonds. The van der Waals surface area contributed by atoms with Crippen molar-refractivity contribution in [3.63, 3.8) is 0 Å². The van der Waals surface area contributed by atoms with E-state index in [1.54, 1.807) is 37.3 Å². The zero-order valence-corrected chi connectivity index (χ0v) is 18.3. The van der Waals surface area contributed by atoms with Gasteiger partial charge in [0.1, 0.15) is 12.1 Å². The summed E-state index contributed by atoms with van der Waals surface area (Å²) in [5.74, 6) is -2.09. The van der Waals surface area contributed by atoms with Crippen LogP contribution in [0.15, 0.2) is 71.9 Å². The minimum absolute atomic E-state index is 0.0390. The number of carboxylic acids is 1. The summed E-state index contributed by atoms with van der Waals surface area (Å²) >= 11 is 0. The summed E-state index contributed by atoms with van der Waals surface area (Å²) in [6, 6.07) is 15.0. The van der Waals surface area contributed by atoms with E-state index in [0.717, 1.165) is 0 Å². The van der Waals surface area contributed by atoms with Crippen molar-refractivity contribution in [1.82, 2.24) is 20.2 Å². The van der Waals surface area contributed by atoms with Crippen LogP contribution in [0.5, 0.6) is 0 Å². The Bertz CT molecular complexity index is 1440. The standard InChI is InChI=1S/C23H19FN4O4S/c1-2-15-6-7-17(23(29)30)12-22(15)33(31,32)13-18-11-20(28-14-25-26-27-28)8-9-21(18)16-4-3-5-19(24)10-16/h3-12,14H,2,13H2,1H3,(H,29,30). The largest absolute Gasteiger partial charge is 0.478 e. The van der Waals surface area contributed by atoms with Crippen LogP contribution in [0.1, 0.15) is 28.4 Å². The van der Waals surface area contributed by atoms with Crippen LogP contribution < -0.4 is 0 Å². The third-order valence-corrected chi connectivity index (χ3v) is 6.95. The zero-order chi connectivity index (χ0) is 23.6. The molecule has 0 aliphatic rings. The topological polar surface area (TPSA) is 115 Å². The van der Waals surface area contributed by atoms with Crippen LogP contribution in [0.3, 0.4) is 0 Å². The first kappa shape index (κ1) is 22.3. The van der Waals surface area contributed by atoms with Crippen molar-refractivity contribution in [3.8, 4) is 16.8 Å². The van der Waals surface area contributed by atoms with Gasteiger partial charge in [-0.25, -0.2) is 22.3 Å². The van der Waals surface area contributed by atoms with Gasteiger partial charge in [-0.2, -0.15) is 0 Å². The van der Waals surface area contributed by atoms with E-state index in [4.69, 9.17) is 0 Å². The van der Waals surface area contributed by atoms with Gasteiger partial charge in [-0.05, 0) is 75.5 Å². The summed E-state index contributed by atoms with van der Waals surface area (Å²) in [6.07, 6.45) is 1.79. The van der Waals surface area contributed by atoms with E-state index in [2.05, 4.69) is 15.5 Å². The molecule has 1 N–H and O–H groups in total. The maximum absolute atomic E-state index is 13.9. The summed E-state index contributed by atoms with van der Waals surface area (Å²) in [7, 11) is -3.96. The lowest BCUT2D eigenvalue weighted by Crippen LogP contribution is -2.11. The number of sulfone groups is 1. The third kappa shape index (κ3) is 4.65. The number of tetrazole rings is 1. The Morgan fingerprint density at radius 3 is 2.55 bits per heavy atom. The van der Waals surface area contributed by atoms with Gasteiger partial charge in [0.2, 0.25) is 0 Å². The van der Waals surface area contributed by atoms with Crippen molar-refractivity contribution in [3.05, 3.63) is 89.5 Å². The third-order valence-electron chi connectivity index (χ3n) is 5.21. The molecule has 33 heavy (non-hydrogen) atoms. The molecule has 0 radical (unpaired) electrons. The second-order valence-electron chi connectivity index (χ2n) is 7.35. The van der Waals surface area contributed by atoms with E-state index in [9.17, 15) is 22.7 Å². The normalized spacial score (nSPS) is 11.5. The van der Waals surface area contributed by atoms with Crippen LogP contribution >= 0.6 is 0 Å². The number of benzene rings is 3. The fourth-order valence-corrected chi connectivity index (χ4v) is 5.33. The first-order chi connectivity index (χ1) is 15.8. The Kier molecular flexibility index (Phi) is 6.01. The summed E-state index contributed by atoms with van der Waals surface area (Å²) in [4.78, 5) is 11.4. The smallest absolute Gasteiger partial charge is 0.335 e. The predicted octanol–water partition coefficient (Wildman–Crippen LogP) is 3.70. The highest BCUT2D eigenvalue weighted by molar-refractivity contribution is 7.90. The van der Waals surface area contributed by atoms with Crippen molar-refractivity contribution in [2.45, 2.75) is 24.0 Å². The second kappa shape index (κ2) is 8.91. The summed E-state index contributed by atoms with van der Waals surface area (Å²) in [6.45, 7) is 1.80. The summed E-state index contributed by atoms with van der Waals surface area (Å²) in [5, 5.41) is 20.4. The average Bonchev–Trinajstić information content (AvgIpc) is 3.33. The minimum atomic E-state index is -3.96. The first-order valence-electron chi connectivity index (χ1n) is 9.99. The molecule has 4 aromatic rings. The molecular weight excluding hydrogens is 447 g/mol. The quantitative estimate of drug-likeness (QED) is 0.442. The van der Waals surface area contributed by atoms with Gasteiger partial charge in [0, 0.05) is 0 Å². The number of aromatic carboxylic acids is 1. The lowest BCUT2D eigenvalue weighted by Gasteiger charge is -2.15. The molecule has 3 aromatic carbocycles. The molecule has 1 heterocycles. The van der Waals surface area contributed by atoms with Gasteiger partial charge < -0.3 is 5.11 Å². The van der Waals surface area contributed by atoms with Crippen LogP contribution in [0, 0.1) is 5.82 Å². The number of aryl methyl sites for hydroxylation is 1. The van der Waals surface area contributed by atoms with Crippen molar-refractivity contribution >= 4 is 15.8 Å². The van der Waals surface area contributed by atoms with Crippen LogP contribution in [0.25, 0.3) is 16.8 Å². The molecule has 4 rings (SSSR count). The van der Waals surface area contributed by atoms with Crippen LogP contribution in [0.4, 0.5) is 4.39 Å². The molecule has 8 nitrogen and oxygen atoms in total. The Hall–Kier alpha value is -3.92. The molecule has 0 aliphatic carbocycles. The zero-order valence-electron chi connectivity index (χ0n) is 17.5. The van der Waals surface area contributed by atoms with Crippen molar-refractivity contribution < 1.29 is 22.7 Å². The SMILES string of the molecule is CCc1ccc(C(=O)O)cc1S(=O)(=O)Cc1cc(-n2cnnn2)ccc1-c1cccc(F)c1. The van der Waals surface area contributed by atoms with Crippen molar-refractivity contribution in [2.24, 2.45) is 0 Å². The van der Waals surface area contributed by atoms with Gasteiger partial charge in [-0.1, -0.05) is 31.2 Å². The van der Waals surface area contributed by atoms with Crippen molar-refractivity contribution in [2.75, 3.05) is 0 Å². The molecule has 10 heteroatoms. The Morgan fingerprint density at radius 1 is 1.06 bits per heavy atom. The van der Waals surface area contributed by atoms with Crippen LogP contribution in [0.2, 0.25) is 0 Å². The van der Waals surface area contributed by atoms with E-state index in [1.807, 2.05) is 0 Å². The van der Waals surface area contributed by atoms with Gasteiger partial charge in [0.05, 0.1) is 21.9 Å². The number of halogens is 1. The number of carboxylic acid groups (broad SMARTS) is 1. The maximum Gasteiger partial charge on any atom is 0.335 e. The highest BCUT2D eigenvalue weighted by Gasteiger charge is 2.23. The van der Waals surface area contributed by atoms with E-state index >= 15 is 0 Å². The fraction of sp³-hybridized carbons (Fsp3) is 0.130. The Balaban J connectivity index is 1.86. The summed E-state index contributed by atoms with van der Waals surface area (Å²) in [5.41, 5.74) is 2.38. The molecule has 0 aliphatic heterocycles. The number of nitrogens with zero attached hydrogens (tertiary/aromatic N) is 4. The van der Waals surface area contributed by atoms with E-state index in [1.165, 1.54) is 41.3 Å². The molecule has 0 saturated carbocycles. The van der Waals surface area contributed by atoms with Gasteiger partial charge in [0.15, 0.2) is 9.84 Å². The molecule has 0 saturated heterocycles. The lowest BCUT2D eigenvalue weighted by atomic mass is 10.00. The van der Waals surface area contributed by atoms with Gasteiger partial charge in [-0.15, -0.1) is 5.10 Å². The number of carbonyl (C=O) groups is 1. The van der Waals surface area contributed by atoms with Gasteiger partial charge >= 0.3 is 5.97 Å². The van der Waals surface area contributed by atoms with E-state index < -0.39 is 27.4 Å². The Morgan fingerprint density at radius 2 is 1.88 bits per heavy atom. The molecule has 0 bridgehead atoms. The number of rotatable bonds is 7. The Labute approximate surface area is 189 Å². The molecule has 0 atom stereocenters. The van der Waals surface area contributed by atoms with Crippen LogP contribution in [-0.4, -0.2) is 39.7 Å². The minimum Gasteiger partial charge on any atom is -0.478 e. The molecule has 0 fully saturated rings. The molecule has 168 valence electrons. The number of hydrogen-bond acceptors (Lipinski definition) is 6. The average molecular weight is 466 g/mol. The van der Waals surface area contributed by atoms with E-state index in [-0.39, 0.29) is 10.5 Å². The number of aromatic nitrogens is 4. The molecule has 0 spiro atoms. The highest BCUT2D eigenvalue weighted by Crippen LogP contribution is 2.31. The predicted molar refractivity (Wildman–Crippen MR) is 118 cm³/mol. The second-order valence-corrected chi connectivity index (χ2v) is 9.30. The van der Waals surface area contributed by atoms with Crippen LogP contribution in [-0.2, 0) is 22.0 Å². The highest BCUT2D eigenvalue weighted by atomic mass is 32.2. The molecule has 0 unspecified atom stereocenters. The van der Waals surface area contributed by atoms with Gasteiger partial charge in [0.25, 0.3) is 0 Å². The van der Waals surface area contributed by atoms with Crippen molar-refractivity contribution in [1.29, 1.82) is 0 Å². The summed E-state index contributed by atoms with van der Waals surface area (Å²) < 4.78 is 42.3. The molecule has 1 aromatic heterocycles. The lowest BCUT2D eigenvalue weighted by molar-refractivity contribution is 0.0696. The number of hydrogen-bond donors (Lipinski definition) is 1. The first-order valence-corrected chi connectivity index (χ1v) is 11.6. The monoisotopic (exact) mass is 466 g/mol. The molecular formula is C23H19FN4O4S. The van der Waals surface area contributed by atoms with Gasteiger partial charge in [-0.3, -0.25) is 0 Å².